The van der Waals surface area contributed by atoms with Crippen LogP contribution in [-0.2, 0) is 9.53 Å². The van der Waals surface area contributed by atoms with Gasteiger partial charge < -0.3 is 4.74 Å². The Hall–Kier alpha value is -1.55. The molecule has 0 aliphatic carbocycles. The third-order valence-corrected chi connectivity index (χ3v) is 2.69. The molecule has 0 saturated carbocycles. The highest BCUT2D eigenvalue weighted by Crippen LogP contribution is 2.14. The summed E-state index contributed by atoms with van der Waals surface area (Å²) in [7, 11) is 0. The van der Waals surface area contributed by atoms with Crippen LogP contribution >= 0.6 is 0 Å². The maximum atomic E-state index is 11.6. The Bertz CT molecular complexity index is 373. The number of para-hydroxylation sites is 1. The van der Waals surface area contributed by atoms with E-state index in [1.807, 2.05) is 31.2 Å². The van der Waals surface area contributed by atoms with E-state index in [1.54, 1.807) is 0 Å². The molecular formula is C12H16N2O2. The number of carbonyl (C=O) groups is 1. The van der Waals surface area contributed by atoms with Crippen LogP contribution < -0.4 is 10.9 Å². The van der Waals surface area contributed by atoms with Crippen LogP contribution in [-0.4, -0.2) is 18.6 Å². The highest BCUT2D eigenvalue weighted by molar-refractivity contribution is 5.82. The third kappa shape index (κ3) is 2.52. The number of hydrazine groups is 1. The fourth-order valence-corrected chi connectivity index (χ4v) is 1.71. The number of aryl methyl sites for hydroxylation is 1. The summed E-state index contributed by atoms with van der Waals surface area (Å²) in [6.07, 6.45) is 1.47. The smallest absolute Gasteiger partial charge is 0.267 e. The molecule has 1 aliphatic rings. The van der Waals surface area contributed by atoms with Gasteiger partial charge in [0.2, 0.25) is 0 Å². The maximum absolute atomic E-state index is 11.6. The number of amides is 1. The SMILES string of the molecule is Cc1ccccc1NNC(=O)C1CCCO1. The average molecular weight is 220 g/mol. The van der Waals surface area contributed by atoms with Crippen molar-refractivity contribution in [2.75, 3.05) is 12.0 Å². The van der Waals surface area contributed by atoms with Gasteiger partial charge in [-0.1, -0.05) is 18.2 Å². The molecule has 1 heterocycles. The Morgan fingerprint density at radius 2 is 2.25 bits per heavy atom. The predicted octanol–water partition coefficient (Wildman–Crippen LogP) is 1.62. The lowest BCUT2D eigenvalue weighted by Crippen LogP contribution is -2.38. The van der Waals surface area contributed by atoms with Gasteiger partial charge in [-0.25, -0.2) is 0 Å². The summed E-state index contributed by atoms with van der Waals surface area (Å²) in [4.78, 5) is 11.6. The van der Waals surface area contributed by atoms with Gasteiger partial charge in [0.1, 0.15) is 6.10 Å². The van der Waals surface area contributed by atoms with E-state index < -0.39 is 0 Å². The second-order valence-electron chi connectivity index (χ2n) is 3.93. The molecular weight excluding hydrogens is 204 g/mol. The second-order valence-corrected chi connectivity index (χ2v) is 3.93. The van der Waals surface area contributed by atoms with Gasteiger partial charge in [-0.3, -0.25) is 15.6 Å². The van der Waals surface area contributed by atoms with E-state index in [0.717, 1.165) is 24.1 Å². The van der Waals surface area contributed by atoms with Gasteiger partial charge in [0.05, 0.1) is 5.69 Å². The lowest BCUT2D eigenvalue weighted by atomic mass is 10.2. The van der Waals surface area contributed by atoms with Crippen molar-refractivity contribution in [3.8, 4) is 0 Å². The van der Waals surface area contributed by atoms with Gasteiger partial charge in [0, 0.05) is 6.61 Å². The summed E-state index contributed by atoms with van der Waals surface area (Å²) < 4.78 is 5.28. The first-order valence-corrected chi connectivity index (χ1v) is 5.50. The molecule has 16 heavy (non-hydrogen) atoms. The summed E-state index contributed by atoms with van der Waals surface area (Å²) in [6, 6.07) is 7.79. The quantitative estimate of drug-likeness (QED) is 0.761. The second kappa shape index (κ2) is 4.99. The molecule has 1 saturated heterocycles. The first-order valence-electron chi connectivity index (χ1n) is 5.50. The average Bonchev–Trinajstić information content (AvgIpc) is 2.81. The minimum atomic E-state index is -0.295. The molecule has 1 aliphatic heterocycles. The number of hydrogen-bond acceptors (Lipinski definition) is 3. The van der Waals surface area contributed by atoms with Crippen LogP contribution in [0.5, 0.6) is 0 Å². The monoisotopic (exact) mass is 220 g/mol. The van der Waals surface area contributed by atoms with Crippen molar-refractivity contribution < 1.29 is 9.53 Å². The van der Waals surface area contributed by atoms with E-state index in [1.165, 1.54) is 0 Å². The summed E-state index contributed by atoms with van der Waals surface area (Å²) in [5, 5.41) is 0. The van der Waals surface area contributed by atoms with Crippen LogP contribution in [0, 0.1) is 6.92 Å². The number of nitrogens with one attached hydrogen (secondary N) is 2. The molecule has 0 aromatic heterocycles. The molecule has 4 nitrogen and oxygen atoms in total. The van der Waals surface area contributed by atoms with E-state index in [0.29, 0.717) is 6.61 Å². The van der Waals surface area contributed by atoms with Crippen LogP contribution in [0.3, 0.4) is 0 Å². The van der Waals surface area contributed by atoms with Crippen molar-refractivity contribution in [2.24, 2.45) is 0 Å². The summed E-state index contributed by atoms with van der Waals surface area (Å²) in [5.74, 6) is -0.0965. The molecule has 2 rings (SSSR count). The zero-order valence-corrected chi connectivity index (χ0v) is 9.32. The predicted molar refractivity (Wildman–Crippen MR) is 61.9 cm³/mol. The topological polar surface area (TPSA) is 50.4 Å². The summed E-state index contributed by atoms with van der Waals surface area (Å²) in [6.45, 7) is 2.67. The van der Waals surface area contributed by atoms with Crippen molar-refractivity contribution >= 4 is 11.6 Å². The lowest BCUT2D eigenvalue weighted by Gasteiger charge is -2.13. The Morgan fingerprint density at radius 3 is 2.94 bits per heavy atom. The van der Waals surface area contributed by atoms with Crippen LogP contribution in [0.4, 0.5) is 5.69 Å². The molecule has 4 heteroatoms. The fourth-order valence-electron chi connectivity index (χ4n) is 1.71. The van der Waals surface area contributed by atoms with Crippen molar-refractivity contribution in [3.63, 3.8) is 0 Å². The maximum Gasteiger partial charge on any atom is 0.267 e. The van der Waals surface area contributed by atoms with Crippen LogP contribution in [0.15, 0.2) is 24.3 Å². The first-order chi connectivity index (χ1) is 7.77. The van der Waals surface area contributed by atoms with E-state index in [4.69, 9.17) is 4.74 Å². The zero-order valence-electron chi connectivity index (χ0n) is 9.32. The molecule has 0 radical (unpaired) electrons. The van der Waals surface area contributed by atoms with E-state index in [-0.39, 0.29) is 12.0 Å². The number of anilines is 1. The lowest BCUT2D eigenvalue weighted by molar-refractivity contribution is -0.129. The molecule has 1 aromatic carbocycles. The minimum Gasteiger partial charge on any atom is -0.368 e. The molecule has 1 atom stereocenters. The number of rotatable bonds is 3. The number of ether oxygens (including phenoxy) is 1. The van der Waals surface area contributed by atoms with Crippen molar-refractivity contribution in [3.05, 3.63) is 29.8 Å². The van der Waals surface area contributed by atoms with Gasteiger partial charge in [-0.05, 0) is 31.4 Å². The van der Waals surface area contributed by atoms with E-state index in [9.17, 15) is 4.79 Å². The van der Waals surface area contributed by atoms with E-state index >= 15 is 0 Å². The molecule has 0 bridgehead atoms. The molecule has 1 unspecified atom stereocenters. The Labute approximate surface area is 95.0 Å². The summed E-state index contributed by atoms with van der Waals surface area (Å²) in [5.41, 5.74) is 7.58. The van der Waals surface area contributed by atoms with Gasteiger partial charge in [0.25, 0.3) is 5.91 Å². The zero-order chi connectivity index (χ0) is 11.4. The first kappa shape index (κ1) is 11.0. The number of carbonyl (C=O) groups excluding carboxylic acids is 1. The molecule has 2 N–H and O–H groups in total. The van der Waals surface area contributed by atoms with Gasteiger partial charge in [-0.2, -0.15) is 0 Å². The summed E-state index contributed by atoms with van der Waals surface area (Å²) >= 11 is 0. The molecule has 1 amide bonds. The van der Waals surface area contributed by atoms with Gasteiger partial charge in [-0.15, -0.1) is 0 Å². The van der Waals surface area contributed by atoms with Crippen LogP contribution in [0.1, 0.15) is 18.4 Å². The molecule has 1 fully saturated rings. The largest absolute Gasteiger partial charge is 0.368 e. The van der Waals surface area contributed by atoms with E-state index in [2.05, 4.69) is 10.9 Å². The number of hydrogen-bond donors (Lipinski definition) is 2. The van der Waals surface area contributed by atoms with Gasteiger partial charge in [0.15, 0.2) is 0 Å². The number of benzene rings is 1. The highest BCUT2D eigenvalue weighted by atomic mass is 16.5. The Morgan fingerprint density at radius 1 is 1.44 bits per heavy atom. The van der Waals surface area contributed by atoms with Crippen LogP contribution in [0.25, 0.3) is 0 Å². The molecule has 0 spiro atoms. The van der Waals surface area contributed by atoms with Crippen molar-refractivity contribution in [1.29, 1.82) is 0 Å². The fraction of sp³-hybridized carbons (Fsp3) is 0.417. The molecule has 86 valence electrons. The highest BCUT2D eigenvalue weighted by Gasteiger charge is 2.23. The van der Waals surface area contributed by atoms with Gasteiger partial charge >= 0.3 is 0 Å². The van der Waals surface area contributed by atoms with Crippen molar-refractivity contribution in [2.45, 2.75) is 25.9 Å². The Balaban J connectivity index is 1.87. The third-order valence-electron chi connectivity index (χ3n) is 2.69. The standard InChI is InChI=1S/C12H16N2O2/c1-9-5-2-3-6-10(9)13-14-12(15)11-7-4-8-16-11/h2-3,5-6,11,13H,4,7-8H2,1H3,(H,14,15). The minimum absolute atomic E-state index is 0.0965. The van der Waals surface area contributed by atoms with Crippen molar-refractivity contribution in [1.82, 2.24) is 5.43 Å². The molecule has 1 aromatic rings. The normalized spacial score (nSPS) is 19.4. The Kier molecular flexibility index (Phi) is 3.41. The van der Waals surface area contributed by atoms with Crippen LogP contribution in [0.2, 0.25) is 0 Å².